The minimum Gasteiger partial charge on any atom is -0.394 e. The highest BCUT2D eigenvalue weighted by atomic mass is 31.3. The second-order valence-electron chi connectivity index (χ2n) is 7.74. The molecular weight excluding hydrogens is 526 g/mol. The highest BCUT2D eigenvalue weighted by Crippen LogP contribution is 2.61. The molecular formula is C15H24N2O16P2. The minimum atomic E-state index is -5.55. The highest BCUT2D eigenvalue weighted by Gasteiger charge is 2.50. The van der Waals surface area contributed by atoms with Crippen molar-refractivity contribution in [2.75, 3.05) is 12.8 Å². The molecule has 0 aliphatic carbocycles. The lowest BCUT2D eigenvalue weighted by atomic mass is 10.00. The maximum absolute atomic E-state index is 12.5. The Kier molecular flexibility index (Phi) is 8.52. The van der Waals surface area contributed by atoms with Crippen LogP contribution < -0.4 is 11.2 Å². The quantitative estimate of drug-likeness (QED) is 0.137. The Morgan fingerprint density at radius 2 is 1.57 bits per heavy atom. The van der Waals surface area contributed by atoms with E-state index in [4.69, 9.17) is 14.6 Å². The van der Waals surface area contributed by atoms with E-state index in [2.05, 4.69) is 8.83 Å². The van der Waals surface area contributed by atoms with Crippen LogP contribution in [0.5, 0.6) is 0 Å². The topological polar surface area (TPSA) is 288 Å². The van der Waals surface area contributed by atoms with Gasteiger partial charge in [-0.15, -0.1) is 0 Å². The third-order valence-electron chi connectivity index (χ3n) is 5.19. The summed E-state index contributed by atoms with van der Waals surface area (Å²) in [4.78, 5) is 44.9. The summed E-state index contributed by atoms with van der Waals surface area (Å²) in [5.74, 6) is 0. The van der Waals surface area contributed by atoms with E-state index in [0.29, 0.717) is 4.57 Å². The zero-order valence-electron chi connectivity index (χ0n) is 17.5. The third-order valence-corrected chi connectivity index (χ3v) is 8.33. The Labute approximate surface area is 194 Å². The number of phosphoric ester groups is 1. The molecule has 200 valence electrons. The summed E-state index contributed by atoms with van der Waals surface area (Å²) in [7, 11) is -10.7. The number of aliphatic hydroxyl groups excluding tert-OH is 6. The van der Waals surface area contributed by atoms with Gasteiger partial charge in [0.2, 0.25) is 0 Å². The maximum atomic E-state index is 12.5. The SMILES string of the molecule is O=c1ccn([C@@H]2O[C@H](CP(=O)(O)OP(=O)(O)OC3O[C@H](CO)[C@H](O)[C@H](O)[C@H]3O)[C@@H](O)[C@H]2O)c(=O)[nH]1. The number of aromatic amines is 1. The first-order valence-corrected chi connectivity index (χ1v) is 13.1. The van der Waals surface area contributed by atoms with Crippen LogP contribution in [0.25, 0.3) is 0 Å². The van der Waals surface area contributed by atoms with Crippen molar-refractivity contribution in [2.24, 2.45) is 0 Å². The van der Waals surface area contributed by atoms with Crippen LogP contribution in [0.1, 0.15) is 6.23 Å². The van der Waals surface area contributed by atoms with Gasteiger partial charge in [0.05, 0.1) is 12.8 Å². The number of ether oxygens (including phenoxy) is 2. The molecule has 0 saturated carbocycles. The lowest BCUT2D eigenvalue weighted by Gasteiger charge is -2.39. The first-order valence-electron chi connectivity index (χ1n) is 9.83. The molecule has 0 aromatic carbocycles. The lowest BCUT2D eigenvalue weighted by Crippen LogP contribution is -2.58. The Balaban J connectivity index is 1.68. The largest absolute Gasteiger partial charge is 0.481 e. The first-order chi connectivity index (χ1) is 16.2. The van der Waals surface area contributed by atoms with E-state index in [1.165, 1.54) is 0 Å². The van der Waals surface area contributed by atoms with E-state index in [1.54, 1.807) is 0 Å². The van der Waals surface area contributed by atoms with Crippen LogP contribution in [0, 0.1) is 0 Å². The van der Waals surface area contributed by atoms with E-state index < -0.39 is 94.7 Å². The van der Waals surface area contributed by atoms with Gasteiger partial charge in [0.1, 0.15) is 42.7 Å². The van der Waals surface area contributed by atoms with Crippen molar-refractivity contribution in [1.29, 1.82) is 0 Å². The number of aliphatic hydroxyl groups is 6. The Morgan fingerprint density at radius 3 is 2.17 bits per heavy atom. The van der Waals surface area contributed by atoms with Crippen LogP contribution in [-0.4, -0.2) is 112 Å². The normalized spacial score (nSPS) is 39.1. The van der Waals surface area contributed by atoms with Gasteiger partial charge in [0, 0.05) is 12.3 Å². The molecule has 2 saturated heterocycles. The van der Waals surface area contributed by atoms with Crippen LogP contribution >= 0.6 is 15.4 Å². The predicted octanol–water partition coefficient (Wildman–Crippen LogP) is -4.73. The van der Waals surface area contributed by atoms with Gasteiger partial charge in [-0.3, -0.25) is 23.4 Å². The average molecular weight is 550 g/mol. The Bertz CT molecular complexity index is 1110. The number of hydrogen-bond acceptors (Lipinski definition) is 14. The zero-order chi connectivity index (χ0) is 26.3. The first kappa shape index (κ1) is 28.2. The van der Waals surface area contributed by atoms with Crippen molar-refractivity contribution in [1.82, 2.24) is 9.55 Å². The van der Waals surface area contributed by atoms with Gasteiger partial charge in [-0.1, -0.05) is 0 Å². The fourth-order valence-electron chi connectivity index (χ4n) is 3.46. The second-order valence-corrected chi connectivity index (χ2v) is 11.2. The highest BCUT2D eigenvalue weighted by molar-refractivity contribution is 7.64. The smallest absolute Gasteiger partial charge is 0.394 e. The number of hydrogen-bond donors (Lipinski definition) is 9. The molecule has 3 rings (SSSR count). The Morgan fingerprint density at radius 1 is 0.943 bits per heavy atom. The standard InChI is InChI=1S/C15H24N2O16P2/c18-3-5-8(20)10(22)12(24)14(31-5)32-35(28,29)33-34(26,27)4-6-9(21)11(23)13(30-6)17-2-1-7(19)16-15(17)25/h1-2,5-6,8-14,18,20-24H,3-4H2,(H,26,27)(H,28,29)(H,16,19,25)/t5-,6-,8+,9-,10+,11-,12-,13-,14?/m1/s1. The lowest BCUT2D eigenvalue weighted by molar-refractivity contribution is -0.280. The minimum absolute atomic E-state index is 0.692. The second kappa shape index (κ2) is 10.6. The number of H-pyrrole nitrogens is 1. The van der Waals surface area contributed by atoms with Crippen LogP contribution in [0.3, 0.4) is 0 Å². The number of phosphoric acid groups is 1. The monoisotopic (exact) mass is 550 g/mol. The van der Waals surface area contributed by atoms with E-state index >= 15 is 0 Å². The van der Waals surface area contributed by atoms with Crippen molar-refractivity contribution in [2.45, 2.75) is 55.2 Å². The fraction of sp³-hybridized carbons (Fsp3) is 0.733. The molecule has 3 heterocycles. The summed E-state index contributed by atoms with van der Waals surface area (Å²) in [6.45, 7) is -0.890. The van der Waals surface area contributed by atoms with Gasteiger partial charge in [0.25, 0.3) is 5.56 Å². The van der Waals surface area contributed by atoms with Crippen molar-refractivity contribution in [3.63, 3.8) is 0 Å². The van der Waals surface area contributed by atoms with Crippen LogP contribution in [0.15, 0.2) is 21.9 Å². The average Bonchev–Trinajstić information content (AvgIpc) is 3.01. The molecule has 18 nitrogen and oxygen atoms in total. The number of aromatic nitrogens is 2. The zero-order valence-corrected chi connectivity index (χ0v) is 19.2. The molecule has 35 heavy (non-hydrogen) atoms. The van der Waals surface area contributed by atoms with E-state index in [9.17, 15) is 54.0 Å². The van der Waals surface area contributed by atoms with Gasteiger partial charge in [-0.05, 0) is 0 Å². The fourth-order valence-corrected chi connectivity index (χ4v) is 6.37. The molecule has 1 aromatic rings. The third kappa shape index (κ3) is 6.33. The molecule has 20 heteroatoms. The maximum Gasteiger partial charge on any atom is 0.481 e. The number of nitrogens with one attached hydrogen (secondary N) is 1. The van der Waals surface area contributed by atoms with Crippen LogP contribution in [-0.2, 0) is 27.4 Å². The molecule has 2 aliphatic rings. The molecule has 3 unspecified atom stereocenters. The van der Waals surface area contributed by atoms with Gasteiger partial charge >= 0.3 is 21.1 Å². The summed E-state index contributed by atoms with van der Waals surface area (Å²) < 4.78 is 44.2. The summed E-state index contributed by atoms with van der Waals surface area (Å²) in [6.07, 6.45) is -16.9. The van der Waals surface area contributed by atoms with E-state index in [0.717, 1.165) is 12.3 Å². The molecule has 1 aromatic heterocycles. The predicted molar refractivity (Wildman–Crippen MR) is 108 cm³/mol. The molecule has 0 bridgehead atoms. The summed E-state index contributed by atoms with van der Waals surface area (Å²) in [5, 5.41) is 58.7. The number of rotatable bonds is 8. The van der Waals surface area contributed by atoms with Crippen molar-refractivity contribution in [3.05, 3.63) is 33.1 Å². The molecule has 0 spiro atoms. The summed E-state index contributed by atoms with van der Waals surface area (Å²) in [5.41, 5.74) is -1.78. The molecule has 2 aliphatic heterocycles. The van der Waals surface area contributed by atoms with Gasteiger partial charge in [0.15, 0.2) is 12.5 Å². The van der Waals surface area contributed by atoms with Gasteiger partial charge < -0.3 is 49.9 Å². The summed E-state index contributed by atoms with van der Waals surface area (Å²) >= 11 is 0. The van der Waals surface area contributed by atoms with Crippen molar-refractivity contribution in [3.8, 4) is 0 Å². The summed E-state index contributed by atoms with van der Waals surface area (Å²) in [6, 6.07) is 0.912. The van der Waals surface area contributed by atoms with E-state index in [-0.39, 0.29) is 0 Å². The molecule has 11 atom stereocenters. The molecule has 0 amide bonds. The molecule has 0 radical (unpaired) electrons. The van der Waals surface area contributed by atoms with Gasteiger partial charge in [-0.25, -0.2) is 13.7 Å². The molecule has 2 fully saturated rings. The number of nitrogens with zero attached hydrogens (tertiary/aromatic N) is 1. The van der Waals surface area contributed by atoms with Crippen molar-refractivity contribution >= 4 is 15.4 Å². The van der Waals surface area contributed by atoms with E-state index in [1.807, 2.05) is 4.98 Å². The Hall–Kier alpha value is -1.34. The molecule has 9 N–H and O–H groups in total. The van der Waals surface area contributed by atoms with Crippen molar-refractivity contribution < 1.29 is 67.9 Å². The van der Waals surface area contributed by atoms with Crippen LogP contribution in [0.4, 0.5) is 0 Å². The van der Waals surface area contributed by atoms with Crippen LogP contribution in [0.2, 0.25) is 0 Å². The van der Waals surface area contributed by atoms with Gasteiger partial charge in [-0.2, -0.15) is 0 Å².